The fraction of sp³-hybridized carbons (Fsp3) is 0.786. The van der Waals surface area contributed by atoms with Crippen LogP contribution in [0.15, 0.2) is 11.7 Å². The summed E-state index contributed by atoms with van der Waals surface area (Å²) in [5, 5.41) is 10.6. The van der Waals surface area contributed by atoms with Gasteiger partial charge in [-0.3, -0.25) is 4.98 Å². The first-order valence-electron chi connectivity index (χ1n) is 6.85. The SMILES string of the molecule is CCOC1(C(O)Cc2cncs2)CCCC(C)C1. The van der Waals surface area contributed by atoms with E-state index in [0.29, 0.717) is 18.9 Å². The van der Waals surface area contributed by atoms with Gasteiger partial charge in [0.25, 0.3) is 0 Å². The fourth-order valence-electron chi connectivity index (χ4n) is 3.08. The van der Waals surface area contributed by atoms with E-state index < -0.39 is 6.10 Å². The van der Waals surface area contributed by atoms with Crippen LogP contribution in [0, 0.1) is 5.92 Å². The van der Waals surface area contributed by atoms with Crippen LogP contribution >= 0.6 is 11.3 Å². The lowest BCUT2D eigenvalue weighted by Gasteiger charge is -2.43. The van der Waals surface area contributed by atoms with E-state index in [9.17, 15) is 5.11 Å². The fourth-order valence-corrected chi connectivity index (χ4v) is 3.71. The van der Waals surface area contributed by atoms with Gasteiger partial charge in [-0.1, -0.05) is 19.8 Å². The predicted octanol–water partition coefficient (Wildman–Crippen LogP) is 3.03. The smallest absolute Gasteiger partial charge is 0.0946 e. The maximum absolute atomic E-state index is 10.6. The van der Waals surface area contributed by atoms with E-state index >= 15 is 0 Å². The molecule has 0 aliphatic heterocycles. The molecule has 1 N–H and O–H groups in total. The Bertz CT molecular complexity index is 351. The predicted molar refractivity (Wildman–Crippen MR) is 73.8 cm³/mol. The van der Waals surface area contributed by atoms with Crippen LogP contribution in [0.2, 0.25) is 0 Å². The maximum Gasteiger partial charge on any atom is 0.0946 e. The summed E-state index contributed by atoms with van der Waals surface area (Å²) in [5.74, 6) is 0.640. The monoisotopic (exact) mass is 269 g/mol. The first-order valence-corrected chi connectivity index (χ1v) is 7.73. The van der Waals surface area contributed by atoms with Crippen molar-refractivity contribution in [3.8, 4) is 0 Å². The number of hydrogen-bond acceptors (Lipinski definition) is 4. The van der Waals surface area contributed by atoms with E-state index in [1.54, 1.807) is 11.3 Å². The number of aliphatic hydroxyl groups is 1. The van der Waals surface area contributed by atoms with Gasteiger partial charge in [-0.05, 0) is 25.7 Å². The van der Waals surface area contributed by atoms with Crippen molar-refractivity contribution in [1.29, 1.82) is 0 Å². The van der Waals surface area contributed by atoms with Crippen LogP contribution < -0.4 is 0 Å². The van der Waals surface area contributed by atoms with Crippen LogP contribution in [0.3, 0.4) is 0 Å². The molecule has 1 aliphatic rings. The van der Waals surface area contributed by atoms with Gasteiger partial charge < -0.3 is 9.84 Å². The molecule has 1 saturated carbocycles. The number of aliphatic hydroxyl groups excluding tert-OH is 1. The molecule has 3 atom stereocenters. The summed E-state index contributed by atoms with van der Waals surface area (Å²) in [6.07, 6.45) is 6.45. The topological polar surface area (TPSA) is 42.4 Å². The van der Waals surface area contributed by atoms with Crippen molar-refractivity contribution in [3.05, 3.63) is 16.6 Å². The Labute approximate surface area is 113 Å². The second-order valence-electron chi connectivity index (χ2n) is 5.39. The first kappa shape index (κ1) is 14.0. The molecule has 1 aromatic rings. The Balaban J connectivity index is 2.08. The largest absolute Gasteiger partial charge is 0.390 e. The van der Waals surface area contributed by atoms with E-state index in [1.807, 2.05) is 18.6 Å². The average molecular weight is 269 g/mol. The van der Waals surface area contributed by atoms with Crippen molar-refractivity contribution in [1.82, 2.24) is 4.98 Å². The zero-order valence-electron chi connectivity index (χ0n) is 11.3. The molecule has 18 heavy (non-hydrogen) atoms. The second kappa shape index (κ2) is 6.13. The number of thiazole rings is 1. The van der Waals surface area contributed by atoms with E-state index in [2.05, 4.69) is 11.9 Å². The van der Waals surface area contributed by atoms with Crippen LogP contribution in [0.25, 0.3) is 0 Å². The number of ether oxygens (including phenoxy) is 1. The number of nitrogens with zero attached hydrogens (tertiary/aromatic N) is 1. The molecule has 1 fully saturated rings. The lowest BCUT2D eigenvalue weighted by Crippen LogP contribution is -2.49. The summed E-state index contributed by atoms with van der Waals surface area (Å²) in [5.41, 5.74) is 1.48. The lowest BCUT2D eigenvalue weighted by molar-refractivity contribution is -0.146. The molecular formula is C14H23NO2S. The minimum atomic E-state index is -0.416. The highest BCUT2D eigenvalue weighted by molar-refractivity contribution is 7.09. The lowest BCUT2D eigenvalue weighted by atomic mass is 9.74. The van der Waals surface area contributed by atoms with Crippen molar-refractivity contribution in [2.75, 3.05) is 6.61 Å². The third-order valence-corrected chi connectivity index (χ3v) is 4.71. The van der Waals surface area contributed by atoms with Gasteiger partial charge in [0.1, 0.15) is 0 Å². The van der Waals surface area contributed by atoms with Crippen LogP contribution in [0.4, 0.5) is 0 Å². The zero-order chi connectivity index (χ0) is 13.0. The molecule has 2 rings (SSSR count). The average Bonchev–Trinajstić information content (AvgIpc) is 2.82. The van der Waals surface area contributed by atoms with Gasteiger partial charge in [-0.25, -0.2) is 0 Å². The van der Waals surface area contributed by atoms with Gasteiger partial charge in [0.2, 0.25) is 0 Å². The first-order chi connectivity index (χ1) is 8.66. The molecule has 0 bridgehead atoms. The molecule has 0 aromatic carbocycles. The van der Waals surface area contributed by atoms with Crippen molar-refractivity contribution in [2.45, 2.75) is 57.7 Å². The molecule has 1 heterocycles. The minimum absolute atomic E-state index is 0.337. The van der Waals surface area contributed by atoms with E-state index in [0.717, 1.165) is 24.1 Å². The standard InChI is InChI=1S/C14H23NO2S/c1-3-17-14(6-4-5-11(2)8-14)13(16)7-12-9-15-10-18-12/h9-11,13,16H,3-8H2,1-2H3. The number of rotatable bonds is 5. The molecule has 4 heteroatoms. The van der Waals surface area contributed by atoms with Crippen LogP contribution in [-0.4, -0.2) is 28.4 Å². The molecule has 1 aromatic heterocycles. The highest BCUT2D eigenvalue weighted by atomic mass is 32.1. The van der Waals surface area contributed by atoms with Crippen LogP contribution in [-0.2, 0) is 11.2 Å². The summed E-state index contributed by atoms with van der Waals surface area (Å²) in [6.45, 7) is 4.94. The molecule has 0 amide bonds. The molecule has 0 saturated heterocycles. The highest BCUT2D eigenvalue weighted by Crippen LogP contribution is 2.38. The van der Waals surface area contributed by atoms with Gasteiger partial charge >= 0.3 is 0 Å². The summed E-state index contributed by atoms with van der Waals surface area (Å²) in [4.78, 5) is 5.21. The number of hydrogen-bond donors (Lipinski definition) is 1. The van der Waals surface area contributed by atoms with E-state index in [1.165, 1.54) is 6.42 Å². The van der Waals surface area contributed by atoms with E-state index in [4.69, 9.17) is 4.74 Å². The quantitative estimate of drug-likeness (QED) is 0.893. The molecule has 0 spiro atoms. The summed E-state index contributed by atoms with van der Waals surface area (Å²) in [7, 11) is 0. The normalized spacial score (nSPS) is 30.3. The Morgan fingerprint density at radius 3 is 3.11 bits per heavy atom. The molecular weight excluding hydrogens is 246 g/mol. The van der Waals surface area contributed by atoms with Gasteiger partial charge in [-0.2, -0.15) is 0 Å². The van der Waals surface area contributed by atoms with Crippen LogP contribution in [0.1, 0.15) is 44.4 Å². The van der Waals surface area contributed by atoms with Crippen molar-refractivity contribution in [2.24, 2.45) is 5.92 Å². The van der Waals surface area contributed by atoms with Crippen molar-refractivity contribution >= 4 is 11.3 Å². The number of aromatic nitrogens is 1. The molecule has 102 valence electrons. The highest BCUT2D eigenvalue weighted by Gasteiger charge is 2.42. The maximum atomic E-state index is 10.6. The molecule has 0 radical (unpaired) electrons. The Kier molecular flexibility index (Phi) is 4.76. The summed E-state index contributed by atoms with van der Waals surface area (Å²) in [6, 6.07) is 0. The van der Waals surface area contributed by atoms with Crippen molar-refractivity contribution < 1.29 is 9.84 Å². The van der Waals surface area contributed by atoms with Crippen molar-refractivity contribution in [3.63, 3.8) is 0 Å². The molecule has 3 nitrogen and oxygen atoms in total. The van der Waals surface area contributed by atoms with Gasteiger partial charge in [0, 0.05) is 24.1 Å². The Morgan fingerprint density at radius 1 is 1.67 bits per heavy atom. The van der Waals surface area contributed by atoms with Gasteiger partial charge in [0.05, 0.1) is 17.2 Å². The molecule has 3 unspecified atom stereocenters. The van der Waals surface area contributed by atoms with E-state index in [-0.39, 0.29) is 5.60 Å². The second-order valence-corrected chi connectivity index (χ2v) is 6.36. The molecule has 1 aliphatic carbocycles. The third kappa shape index (κ3) is 3.11. The summed E-state index contributed by atoms with van der Waals surface area (Å²) < 4.78 is 5.99. The van der Waals surface area contributed by atoms with Gasteiger partial charge in [0.15, 0.2) is 0 Å². The van der Waals surface area contributed by atoms with Gasteiger partial charge in [-0.15, -0.1) is 11.3 Å². The zero-order valence-corrected chi connectivity index (χ0v) is 12.1. The minimum Gasteiger partial charge on any atom is -0.390 e. The Hall–Kier alpha value is -0.450. The summed E-state index contributed by atoms with van der Waals surface area (Å²) >= 11 is 1.61. The Morgan fingerprint density at radius 2 is 2.50 bits per heavy atom. The van der Waals surface area contributed by atoms with Crippen LogP contribution in [0.5, 0.6) is 0 Å². The third-order valence-electron chi connectivity index (χ3n) is 3.91.